The summed E-state index contributed by atoms with van der Waals surface area (Å²) in [6, 6.07) is 4.54. The number of hydrogen-bond acceptors (Lipinski definition) is 3. The molecule has 0 aliphatic carbocycles. The first kappa shape index (κ1) is 13.9. The smallest absolute Gasteiger partial charge is 0.255 e. The lowest BCUT2D eigenvalue weighted by molar-refractivity contribution is 0.0950. The molecular weight excluding hydrogens is 230 g/mol. The Hall–Kier alpha value is -2.15. The van der Waals surface area contributed by atoms with Crippen LogP contribution >= 0.6 is 0 Å². The highest BCUT2D eigenvalue weighted by molar-refractivity contribution is 5.97. The summed E-state index contributed by atoms with van der Waals surface area (Å²) in [4.78, 5) is 11.8. The van der Waals surface area contributed by atoms with Gasteiger partial charge in [0.25, 0.3) is 5.91 Å². The van der Waals surface area contributed by atoms with Gasteiger partial charge >= 0.3 is 0 Å². The molecule has 0 fully saturated rings. The minimum Gasteiger partial charge on any atom is -0.507 e. The molecule has 0 aliphatic heterocycles. The molecule has 1 aromatic carbocycles. The molecule has 1 aromatic rings. The minimum absolute atomic E-state index is 0.0584. The van der Waals surface area contributed by atoms with Gasteiger partial charge in [0.05, 0.1) is 12.7 Å². The van der Waals surface area contributed by atoms with Gasteiger partial charge in [0.1, 0.15) is 11.5 Å². The van der Waals surface area contributed by atoms with E-state index < -0.39 is 0 Å². The molecule has 0 radical (unpaired) electrons. The zero-order chi connectivity index (χ0) is 13.4. The number of hydrogen-bond donors (Lipinski definition) is 2. The van der Waals surface area contributed by atoms with Crippen molar-refractivity contribution in [3.8, 4) is 23.8 Å². The van der Waals surface area contributed by atoms with Crippen molar-refractivity contribution in [1.82, 2.24) is 5.32 Å². The molecule has 0 saturated carbocycles. The zero-order valence-corrected chi connectivity index (χ0v) is 10.4. The van der Waals surface area contributed by atoms with Gasteiger partial charge in [-0.2, -0.15) is 0 Å². The Morgan fingerprint density at radius 2 is 2.28 bits per heavy atom. The fraction of sp³-hybridized carbons (Fsp3) is 0.357. The van der Waals surface area contributed by atoms with Crippen molar-refractivity contribution in [3.63, 3.8) is 0 Å². The molecule has 96 valence electrons. The standard InChI is InChI=1S/C14H17NO3/c1-3-4-5-6-9-15-14(17)12-10-11(18-2)7-8-13(12)16/h1,7-8,10,16H,4-6,9H2,2H3,(H,15,17). The van der Waals surface area contributed by atoms with Gasteiger partial charge in [0, 0.05) is 13.0 Å². The van der Waals surface area contributed by atoms with Crippen LogP contribution in [0.1, 0.15) is 29.6 Å². The second-order valence-electron chi connectivity index (χ2n) is 3.80. The maximum absolute atomic E-state index is 11.8. The maximum atomic E-state index is 11.8. The first-order chi connectivity index (χ1) is 8.69. The molecule has 4 heteroatoms. The highest BCUT2D eigenvalue weighted by atomic mass is 16.5. The van der Waals surface area contributed by atoms with Crippen molar-refractivity contribution < 1.29 is 14.6 Å². The quantitative estimate of drug-likeness (QED) is 0.596. The highest BCUT2D eigenvalue weighted by Gasteiger charge is 2.11. The van der Waals surface area contributed by atoms with Crippen LogP contribution in [0.25, 0.3) is 0 Å². The van der Waals surface area contributed by atoms with Crippen molar-refractivity contribution in [3.05, 3.63) is 23.8 Å². The van der Waals surface area contributed by atoms with Crippen LogP contribution in [0.2, 0.25) is 0 Å². The molecule has 0 heterocycles. The van der Waals surface area contributed by atoms with E-state index in [0.717, 1.165) is 12.8 Å². The van der Waals surface area contributed by atoms with Gasteiger partial charge in [0.2, 0.25) is 0 Å². The van der Waals surface area contributed by atoms with E-state index in [1.165, 1.54) is 19.2 Å². The second kappa shape index (κ2) is 7.23. The summed E-state index contributed by atoms with van der Waals surface area (Å²) in [6.07, 6.45) is 7.53. The van der Waals surface area contributed by atoms with Gasteiger partial charge in [-0.25, -0.2) is 0 Å². The van der Waals surface area contributed by atoms with E-state index in [1.54, 1.807) is 6.07 Å². The summed E-state index contributed by atoms with van der Waals surface area (Å²) >= 11 is 0. The molecule has 0 saturated heterocycles. The van der Waals surface area contributed by atoms with Crippen LogP contribution in [0.5, 0.6) is 11.5 Å². The first-order valence-corrected chi connectivity index (χ1v) is 5.77. The van der Waals surface area contributed by atoms with E-state index in [9.17, 15) is 9.90 Å². The van der Waals surface area contributed by atoms with E-state index in [4.69, 9.17) is 11.2 Å². The van der Waals surface area contributed by atoms with Crippen molar-refractivity contribution in [2.24, 2.45) is 0 Å². The third-order valence-corrected chi connectivity index (χ3v) is 2.48. The Bertz CT molecular complexity index is 449. The SMILES string of the molecule is C#CCCCCNC(=O)c1cc(OC)ccc1O. The Morgan fingerprint density at radius 1 is 1.50 bits per heavy atom. The molecule has 18 heavy (non-hydrogen) atoms. The highest BCUT2D eigenvalue weighted by Crippen LogP contribution is 2.22. The number of amides is 1. The van der Waals surface area contributed by atoms with E-state index in [1.807, 2.05) is 0 Å². The monoisotopic (exact) mass is 247 g/mol. The van der Waals surface area contributed by atoms with E-state index in [0.29, 0.717) is 18.7 Å². The summed E-state index contributed by atoms with van der Waals surface area (Å²) in [5.74, 6) is 2.70. The number of unbranched alkanes of at least 4 members (excludes halogenated alkanes) is 2. The van der Waals surface area contributed by atoms with Crippen LogP contribution in [0.15, 0.2) is 18.2 Å². The topological polar surface area (TPSA) is 58.6 Å². The number of phenols is 1. The predicted molar refractivity (Wildman–Crippen MR) is 69.7 cm³/mol. The molecular formula is C14H17NO3. The molecule has 0 unspecified atom stereocenters. The van der Waals surface area contributed by atoms with Crippen LogP contribution in [0.3, 0.4) is 0 Å². The fourth-order valence-electron chi connectivity index (χ4n) is 1.47. The first-order valence-electron chi connectivity index (χ1n) is 5.77. The lowest BCUT2D eigenvalue weighted by Crippen LogP contribution is -2.24. The molecule has 1 amide bonds. The number of carbonyl (C=O) groups is 1. The van der Waals surface area contributed by atoms with Crippen molar-refractivity contribution >= 4 is 5.91 Å². The Kier molecular flexibility index (Phi) is 5.59. The van der Waals surface area contributed by atoms with Crippen LogP contribution in [0, 0.1) is 12.3 Å². The van der Waals surface area contributed by atoms with E-state index in [-0.39, 0.29) is 17.2 Å². The number of phenolic OH excluding ortho intramolecular Hbond substituents is 1. The molecule has 0 atom stereocenters. The average molecular weight is 247 g/mol. The third-order valence-electron chi connectivity index (χ3n) is 2.48. The van der Waals surface area contributed by atoms with Crippen LogP contribution in [-0.4, -0.2) is 24.7 Å². The summed E-state index contributed by atoms with van der Waals surface area (Å²) in [5, 5.41) is 12.3. The molecule has 0 aliphatic rings. The van der Waals surface area contributed by atoms with Gasteiger partial charge in [-0.1, -0.05) is 0 Å². The van der Waals surface area contributed by atoms with Gasteiger partial charge in [-0.05, 0) is 31.0 Å². The number of nitrogens with one attached hydrogen (secondary N) is 1. The van der Waals surface area contributed by atoms with Crippen LogP contribution in [-0.2, 0) is 0 Å². The van der Waals surface area contributed by atoms with Crippen molar-refractivity contribution in [1.29, 1.82) is 0 Å². The Morgan fingerprint density at radius 3 is 2.94 bits per heavy atom. The third kappa shape index (κ3) is 4.02. The molecule has 0 spiro atoms. The van der Waals surface area contributed by atoms with Gasteiger partial charge in [-0.15, -0.1) is 12.3 Å². The molecule has 4 nitrogen and oxygen atoms in total. The molecule has 0 aromatic heterocycles. The van der Waals surface area contributed by atoms with Crippen molar-refractivity contribution in [2.45, 2.75) is 19.3 Å². The normalized spacial score (nSPS) is 9.56. The lowest BCUT2D eigenvalue weighted by atomic mass is 10.1. The number of terminal acetylenes is 1. The van der Waals surface area contributed by atoms with Gasteiger partial charge in [-0.3, -0.25) is 4.79 Å². The summed E-state index contributed by atoms with van der Waals surface area (Å²) in [6.45, 7) is 0.539. The summed E-state index contributed by atoms with van der Waals surface area (Å²) < 4.78 is 5.00. The van der Waals surface area contributed by atoms with E-state index in [2.05, 4.69) is 11.2 Å². The minimum atomic E-state index is -0.313. The molecule has 1 rings (SSSR count). The lowest BCUT2D eigenvalue weighted by Gasteiger charge is -2.08. The summed E-state index contributed by atoms with van der Waals surface area (Å²) in [5.41, 5.74) is 0.214. The number of rotatable bonds is 6. The van der Waals surface area contributed by atoms with Crippen molar-refractivity contribution in [2.75, 3.05) is 13.7 Å². The Balaban J connectivity index is 2.53. The van der Waals surface area contributed by atoms with Gasteiger partial charge in [0.15, 0.2) is 0 Å². The average Bonchev–Trinajstić information content (AvgIpc) is 2.39. The fourth-order valence-corrected chi connectivity index (χ4v) is 1.47. The largest absolute Gasteiger partial charge is 0.507 e. The number of methoxy groups -OCH3 is 1. The van der Waals surface area contributed by atoms with Gasteiger partial charge < -0.3 is 15.2 Å². The summed E-state index contributed by atoms with van der Waals surface area (Å²) in [7, 11) is 1.51. The van der Waals surface area contributed by atoms with Crippen LogP contribution < -0.4 is 10.1 Å². The second-order valence-corrected chi connectivity index (χ2v) is 3.80. The number of benzene rings is 1. The Labute approximate surface area is 107 Å². The number of carbonyl (C=O) groups excluding carboxylic acids is 1. The maximum Gasteiger partial charge on any atom is 0.255 e. The van der Waals surface area contributed by atoms with Crippen LogP contribution in [0.4, 0.5) is 0 Å². The number of aromatic hydroxyl groups is 1. The number of ether oxygens (including phenoxy) is 1. The zero-order valence-electron chi connectivity index (χ0n) is 10.4. The molecule has 0 bridgehead atoms. The predicted octanol–water partition coefficient (Wildman–Crippen LogP) is 1.93. The molecule has 2 N–H and O–H groups in total. The van der Waals surface area contributed by atoms with E-state index >= 15 is 0 Å².